The smallest absolute Gasteiger partial charge is 0.268 e. The first kappa shape index (κ1) is 10.2. The summed E-state index contributed by atoms with van der Waals surface area (Å²) >= 11 is 0. The van der Waals surface area contributed by atoms with Crippen molar-refractivity contribution in [2.45, 2.75) is 6.92 Å². The highest BCUT2D eigenvalue weighted by atomic mass is 16.5. The van der Waals surface area contributed by atoms with Gasteiger partial charge in [-0.15, -0.1) is 0 Å². The van der Waals surface area contributed by atoms with E-state index in [1.165, 1.54) is 0 Å². The van der Waals surface area contributed by atoms with Crippen LogP contribution in [0.3, 0.4) is 0 Å². The molecule has 16 heavy (non-hydrogen) atoms. The predicted molar refractivity (Wildman–Crippen MR) is 56.8 cm³/mol. The van der Waals surface area contributed by atoms with E-state index in [0.717, 1.165) is 10.9 Å². The van der Waals surface area contributed by atoms with Crippen molar-refractivity contribution in [3.63, 3.8) is 0 Å². The van der Waals surface area contributed by atoms with Gasteiger partial charge in [-0.3, -0.25) is 4.79 Å². The molecule has 0 saturated carbocycles. The molecule has 1 aromatic carbocycles. The summed E-state index contributed by atoms with van der Waals surface area (Å²) < 4.78 is 5.24. The van der Waals surface area contributed by atoms with Gasteiger partial charge in [0.25, 0.3) is 11.5 Å². The second-order valence-electron chi connectivity index (χ2n) is 3.47. The Kier molecular flexibility index (Phi) is 2.36. The Morgan fingerprint density at radius 3 is 2.81 bits per heavy atom. The molecule has 0 fully saturated rings. The Morgan fingerprint density at radius 2 is 2.19 bits per heavy atom. The van der Waals surface area contributed by atoms with Gasteiger partial charge in [-0.2, -0.15) is 0 Å². The average molecular weight is 218 g/mol. The third-order valence-electron chi connectivity index (χ3n) is 2.26. The summed E-state index contributed by atoms with van der Waals surface area (Å²) in [5.41, 5.74) is 6.59. The van der Waals surface area contributed by atoms with Crippen molar-refractivity contribution >= 4 is 16.9 Å². The maximum atomic E-state index is 11.1. The molecule has 0 aliphatic carbocycles. The van der Waals surface area contributed by atoms with E-state index in [1.807, 2.05) is 19.1 Å². The molecule has 1 amide bonds. The molecule has 5 nitrogen and oxygen atoms in total. The lowest BCUT2D eigenvalue weighted by molar-refractivity contribution is 0.0994. The number of carbonyl (C=O) groups excluding carboxylic acids is 1. The fourth-order valence-corrected chi connectivity index (χ4v) is 1.50. The van der Waals surface area contributed by atoms with Crippen molar-refractivity contribution in [3.05, 3.63) is 40.9 Å². The van der Waals surface area contributed by atoms with E-state index in [-0.39, 0.29) is 11.1 Å². The Balaban J connectivity index is 2.86. The number of primary amides is 1. The van der Waals surface area contributed by atoms with E-state index in [2.05, 4.69) is 5.16 Å². The maximum absolute atomic E-state index is 11.1. The van der Waals surface area contributed by atoms with Crippen molar-refractivity contribution in [1.82, 2.24) is 0 Å². The van der Waals surface area contributed by atoms with E-state index < -0.39 is 5.91 Å². The Bertz CT molecular complexity index is 629. The highest BCUT2D eigenvalue weighted by Gasteiger charge is 2.09. The van der Waals surface area contributed by atoms with Crippen LogP contribution in [-0.2, 0) is 0 Å². The van der Waals surface area contributed by atoms with Crippen LogP contribution in [0.25, 0.3) is 11.0 Å². The van der Waals surface area contributed by atoms with Gasteiger partial charge in [0.2, 0.25) is 0 Å². The SMILES string of the molecule is Cc1ccc2o/c(=N\O)c(C(N)=O)cc2c1. The fraction of sp³-hybridized carbons (Fsp3) is 0.0909. The second-order valence-corrected chi connectivity index (χ2v) is 3.47. The summed E-state index contributed by atoms with van der Waals surface area (Å²) in [5.74, 6) is -0.694. The lowest BCUT2D eigenvalue weighted by atomic mass is 10.1. The molecular formula is C11H10N2O3. The summed E-state index contributed by atoms with van der Waals surface area (Å²) in [4.78, 5) is 11.1. The second kappa shape index (κ2) is 3.69. The topological polar surface area (TPSA) is 88.8 Å². The zero-order valence-corrected chi connectivity index (χ0v) is 8.60. The number of rotatable bonds is 1. The zero-order valence-electron chi connectivity index (χ0n) is 8.60. The first-order chi connectivity index (χ1) is 7.61. The van der Waals surface area contributed by atoms with Crippen LogP contribution < -0.4 is 11.3 Å². The molecule has 1 heterocycles. The van der Waals surface area contributed by atoms with Gasteiger partial charge in [0, 0.05) is 5.39 Å². The van der Waals surface area contributed by atoms with Crippen molar-refractivity contribution in [2.24, 2.45) is 10.9 Å². The van der Waals surface area contributed by atoms with Gasteiger partial charge >= 0.3 is 0 Å². The number of carbonyl (C=O) groups is 1. The number of benzene rings is 1. The van der Waals surface area contributed by atoms with Gasteiger partial charge in [-0.1, -0.05) is 11.6 Å². The zero-order chi connectivity index (χ0) is 11.7. The molecule has 0 bridgehead atoms. The molecule has 0 unspecified atom stereocenters. The molecule has 0 saturated heterocycles. The van der Waals surface area contributed by atoms with E-state index in [4.69, 9.17) is 15.4 Å². The van der Waals surface area contributed by atoms with Gasteiger partial charge < -0.3 is 15.4 Å². The standard InChI is InChI=1S/C11H10N2O3/c1-6-2-3-9-7(4-6)5-8(10(12)14)11(13-15)16-9/h2-5,15H,1H3,(H2,12,14)/b13-11-. The molecule has 82 valence electrons. The van der Waals surface area contributed by atoms with Crippen LogP contribution in [0.15, 0.2) is 33.8 Å². The number of hydrogen-bond donors (Lipinski definition) is 2. The summed E-state index contributed by atoms with van der Waals surface area (Å²) in [6.07, 6.45) is 0. The number of hydrogen-bond acceptors (Lipinski definition) is 4. The molecule has 0 aliphatic heterocycles. The van der Waals surface area contributed by atoms with E-state index in [9.17, 15) is 4.79 Å². The number of amides is 1. The van der Waals surface area contributed by atoms with Gasteiger partial charge in [0.1, 0.15) is 11.1 Å². The molecule has 0 spiro atoms. The first-order valence-corrected chi connectivity index (χ1v) is 4.64. The molecule has 1 aromatic heterocycles. The van der Waals surface area contributed by atoms with Gasteiger partial charge in [-0.05, 0) is 30.3 Å². The van der Waals surface area contributed by atoms with Gasteiger partial charge in [-0.25, -0.2) is 0 Å². The number of aryl methyl sites for hydroxylation is 1. The molecule has 0 atom stereocenters. The predicted octanol–water partition coefficient (Wildman–Crippen LogP) is 1.13. The first-order valence-electron chi connectivity index (χ1n) is 4.64. The summed E-state index contributed by atoms with van der Waals surface area (Å²) in [6.45, 7) is 1.92. The molecule has 0 radical (unpaired) electrons. The number of nitrogens with zero attached hydrogens (tertiary/aromatic N) is 1. The highest BCUT2D eigenvalue weighted by Crippen LogP contribution is 2.15. The Morgan fingerprint density at radius 1 is 1.44 bits per heavy atom. The van der Waals surface area contributed by atoms with Crippen molar-refractivity contribution in [3.8, 4) is 0 Å². The molecule has 2 rings (SSSR count). The van der Waals surface area contributed by atoms with Crippen molar-refractivity contribution in [1.29, 1.82) is 0 Å². The van der Waals surface area contributed by atoms with E-state index >= 15 is 0 Å². The Hall–Kier alpha value is -2.30. The monoisotopic (exact) mass is 218 g/mol. The third-order valence-corrected chi connectivity index (χ3v) is 2.26. The van der Waals surface area contributed by atoms with Crippen molar-refractivity contribution < 1.29 is 14.4 Å². The molecule has 5 heteroatoms. The van der Waals surface area contributed by atoms with Crippen LogP contribution in [0.5, 0.6) is 0 Å². The minimum absolute atomic E-state index is 0.0561. The summed E-state index contributed by atoms with van der Waals surface area (Å²) in [5, 5.41) is 12.3. The molecule has 3 N–H and O–H groups in total. The lowest BCUT2D eigenvalue weighted by Crippen LogP contribution is -2.21. The maximum Gasteiger partial charge on any atom is 0.268 e. The van der Waals surface area contributed by atoms with Crippen LogP contribution >= 0.6 is 0 Å². The third kappa shape index (κ3) is 1.63. The van der Waals surface area contributed by atoms with E-state index in [0.29, 0.717) is 5.58 Å². The molecular weight excluding hydrogens is 208 g/mol. The average Bonchev–Trinajstić information content (AvgIpc) is 2.27. The lowest BCUT2D eigenvalue weighted by Gasteiger charge is -2.01. The summed E-state index contributed by atoms with van der Waals surface area (Å²) in [7, 11) is 0. The van der Waals surface area contributed by atoms with Crippen LogP contribution in [0.4, 0.5) is 0 Å². The highest BCUT2D eigenvalue weighted by molar-refractivity contribution is 5.95. The molecule has 2 aromatic rings. The molecule has 0 aliphatic rings. The van der Waals surface area contributed by atoms with Gasteiger partial charge in [0.05, 0.1) is 0 Å². The quantitative estimate of drug-likeness (QED) is 0.555. The van der Waals surface area contributed by atoms with Crippen LogP contribution in [-0.4, -0.2) is 11.1 Å². The van der Waals surface area contributed by atoms with Crippen LogP contribution in [0.1, 0.15) is 15.9 Å². The minimum Gasteiger partial charge on any atom is -0.435 e. The Labute approximate surface area is 90.8 Å². The normalized spacial score (nSPS) is 11.9. The number of nitrogens with two attached hydrogens (primary N) is 1. The van der Waals surface area contributed by atoms with Crippen molar-refractivity contribution in [2.75, 3.05) is 0 Å². The van der Waals surface area contributed by atoms with E-state index in [1.54, 1.807) is 12.1 Å². The summed E-state index contributed by atoms with van der Waals surface area (Å²) in [6, 6.07) is 7.00. The largest absolute Gasteiger partial charge is 0.435 e. The number of fused-ring (bicyclic) bond motifs is 1. The van der Waals surface area contributed by atoms with Gasteiger partial charge in [0.15, 0.2) is 0 Å². The van der Waals surface area contributed by atoms with Crippen LogP contribution in [0, 0.1) is 6.92 Å². The minimum atomic E-state index is -0.694. The van der Waals surface area contributed by atoms with Crippen LogP contribution in [0.2, 0.25) is 0 Å². The fourth-order valence-electron chi connectivity index (χ4n) is 1.50.